The smallest absolute Gasteiger partial charge is 0.379 e. The average Bonchev–Trinajstić information content (AvgIpc) is 2.27. The molecule has 1 saturated carbocycles. The van der Waals surface area contributed by atoms with E-state index in [1.165, 1.54) is 0 Å². The summed E-state index contributed by atoms with van der Waals surface area (Å²) in [4.78, 5) is 0. The summed E-state index contributed by atoms with van der Waals surface area (Å²) >= 11 is 0. The van der Waals surface area contributed by atoms with Gasteiger partial charge in [0.05, 0.1) is 11.5 Å². The summed E-state index contributed by atoms with van der Waals surface area (Å²) in [6.07, 6.45) is -1.28. The van der Waals surface area contributed by atoms with Crippen LogP contribution in [0.5, 0.6) is 0 Å². The summed E-state index contributed by atoms with van der Waals surface area (Å²) in [6.45, 7) is 5.99. The van der Waals surface area contributed by atoms with Gasteiger partial charge in [-0.3, -0.25) is 0 Å². The van der Waals surface area contributed by atoms with Crippen LogP contribution >= 0.6 is 0 Å². The van der Waals surface area contributed by atoms with E-state index in [0.717, 1.165) is 12.8 Å². The summed E-state index contributed by atoms with van der Waals surface area (Å²) in [7, 11) is 1.66. The quantitative estimate of drug-likeness (QED) is 0.825. The van der Waals surface area contributed by atoms with Gasteiger partial charge in [0, 0.05) is 19.2 Å². The van der Waals surface area contributed by atoms with Crippen molar-refractivity contribution in [2.75, 3.05) is 7.11 Å². The third-order valence-electron chi connectivity index (χ3n) is 4.01. The highest BCUT2D eigenvalue weighted by Crippen LogP contribution is 2.37. The largest absolute Gasteiger partial charge is 0.391 e. The Morgan fingerprint density at radius 3 is 2.42 bits per heavy atom. The molecule has 0 bridgehead atoms. The van der Waals surface area contributed by atoms with E-state index in [1.54, 1.807) is 7.11 Å². The van der Waals surface area contributed by atoms with Crippen LogP contribution in [-0.2, 0) is 4.74 Å². The van der Waals surface area contributed by atoms with Crippen molar-refractivity contribution in [2.24, 2.45) is 5.92 Å². The SMILES string of the molecule is COC(C)(C)CC(C)NC1CCCC(C(F)(F)F)C1. The van der Waals surface area contributed by atoms with E-state index in [2.05, 4.69) is 5.32 Å². The minimum atomic E-state index is -4.05. The molecule has 1 N–H and O–H groups in total. The Hall–Kier alpha value is -0.290. The van der Waals surface area contributed by atoms with Crippen LogP contribution in [-0.4, -0.2) is 31.0 Å². The maximum absolute atomic E-state index is 12.7. The molecule has 1 fully saturated rings. The van der Waals surface area contributed by atoms with Gasteiger partial charge in [-0.2, -0.15) is 13.2 Å². The minimum absolute atomic E-state index is 0.0250. The highest BCUT2D eigenvalue weighted by atomic mass is 19.4. The van der Waals surface area contributed by atoms with Gasteiger partial charge in [-0.25, -0.2) is 0 Å². The summed E-state index contributed by atoms with van der Waals surface area (Å²) in [6, 6.07) is 0.134. The predicted molar refractivity (Wildman–Crippen MR) is 70.1 cm³/mol. The van der Waals surface area contributed by atoms with Crippen molar-refractivity contribution in [3.63, 3.8) is 0 Å². The molecule has 3 unspecified atom stereocenters. The summed E-state index contributed by atoms with van der Waals surface area (Å²) in [5, 5.41) is 3.33. The highest BCUT2D eigenvalue weighted by Gasteiger charge is 2.42. The number of alkyl halides is 3. The zero-order valence-electron chi connectivity index (χ0n) is 12.3. The number of hydrogen-bond donors (Lipinski definition) is 1. The average molecular weight is 281 g/mol. The molecule has 5 heteroatoms. The summed E-state index contributed by atoms with van der Waals surface area (Å²) in [5.41, 5.74) is -0.246. The Bertz CT molecular complexity index is 278. The van der Waals surface area contributed by atoms with Crippen molar-refractivity contribution in [2.45, 2.75) is 76.7 Å². The molecule has 0 amide bonds. The Kier molecular flexibility index (Phi) is 5.68. The van der Waals surface area contributed by atoms with Crippen LogP contribution in [0.4, 0.5) is 13.2 Å². The number of ether oxygens (including phenoxy) is 1. The monoisotopic (exact) mass is 281 g/mol. The fraction of sp³-hybridized carbons (Fsp3) is 1.00. The van der Waals surface area contributed by atoms with Crippen molar-refractivity contribution in [3.05, 3.63) is 0 Å². The molecule has 0 spiro atoms. The third-order valence-corrected chi connectivity index (χ3v) is 4.01. The van der Waals surface area contributed by atoms with Gasteiger partial charge >= 0.3 is 6.18 Å². The van der Waals surface area contributed by atoms with Gasteiger partial charge in [0.2, 0.25) is 0 Å². The molecule has 0 radical (unpaired) electrons. The molecule has 0 heterocycles. The molecule has 19 heavy (non-hydrogen) atoms. The van der Waals surface area contributed by atoms with Crippen molar-refractivity contribution < 1.29 is 17.9 Å². The normalized spacial score (nSPS) is 27.3. The fourth-order valence-electron chi connectivity index (χ4n) is 2.92. The van der Waals surface area contributed by atoms with Crippen molar-refractivity contribution in [3.8, 4) is 0 Å². The van der Waals surface area contributed by atoms with E-state index in [-0.39, 0.29) is 30.5 Å². The molecule has 114 valence electrons. The van der Waals surface area contributed by atoms with E-state index in [1.807, 2.05) is 20.8 Å². The van der Waals surface area contributed by atoms with Gasteiger partial charge in [0.15, 0.2) is 0 Å². The molecule has 3 atom stereocenters. The molecule has 1 aliphatic rings. The molecular formula is C14H26F3NO. The van der Waals surface area contributed by atoms with Gasteiger partial charge in [-0.1, -0.05) is 6.42 Å². The van der Waals surface area contributed by atoms with Crippen LogP contribution in [0.3, 0.4) is 0 Å². The lowest BCUT2D eigenvalue weighted by Gasteiger charge is -2.35. The predicted octanol–water partition coefficient (Wildman–Crippen LogP) is 3.90. The number of hydrogen-bond acceptors (Lipinski definition) is 2. The van der Waals surface area contributed by atoms with Crippen LogP contribution in [0.25, 0.3) is 0 Å². The number of halogens is 3. The van der Waals surface area contributed by atoms with Crippen molar-refractivity contribution in [1.29, 1.82) is 0 Å². The number of rotatable bonds is 5. The van der Waals surface area contributed by atoms with Gasteiger partial charge in [0.25, 0.3) is 0 Å². The maximum atomic E-state index is 12.7. The Morgan fingerprint density at radius 1 is 1.26 bits per heavy atom. The Labute approximate surface area is 114 Å². The summed E-state index contributed by atoms with van der Waals surface area (Å²) in [5.74, 6) is -1.14. The Morgan fingerprint density at radius 2 is 1.89 bits per heavy atom. The molecular weight excluding hydrogens is 255 g/mol. The van der Waals surface area contributed by atoms with Gasteiger partial charge in [-0.15, -0.1) is 0 Å². The van der Waals surface area contributed by atoms with E-state index in [0.29, 0.717) is 6.42 Å². The van der Waals surface area contributed by atoms with Crippen LogP contribution in [0.2, 0.25) is 0 Å². The maximum Gasteiger partial charge on any atom is 0.391 e. The van der Waals surface area contributed by atoms with E-state index < -0.39 is 12.1 Å². The standard InChI is InChI=1S/C14H26F3NO/c1-10(9-13(2,3)19-4)18-12-7-5-6-11(8-12)14(15,16)17/h10-12,18H,5-9H2,1-4H3. The minimum Gasteiger partial charge on any atom is -0.379 e. The van der Waals surface area contributed by atoms with Gasteiger partial charge < -0.3 is 10.1 Å². The molecule has 1 rings (SSSR count). The first-order chi connectivity index (χ1) is 8.64. The van der Waals surface area contributed by atoms with Gasteiger partial charge in [-0.05, 0) is 46.5 Å². The zero-order chi connectivity index (χ0) is 14.7. The van der Waals surface area contributed by atoms with Crippen molar-refractivity contribution >= 4 is 0 Å². The lowest BCUT2D eigenvalue weighted by molar-refractivity contribution is -0.184. The fourth-order valence-corrected chi connectivity index (χ4v) is 2.92. The number of nitrogens with one attached hydrogen (secondary N) is 1. The van der Waals surface area contributed by atoms with E-state index in [9.17, 15) is 13.2 Å². The van der Waals surface area contributed by atoms with E-state index in [4.69, 9.17) is 4.74 Å². The van der Waals surface area contributed by atoms with Crippen LogP contribution in [0.1, 0.15) is 52.9 Å². The third kappa shape index (κ3) is 5.69. The van der Waals surface area contributed by atoms with Crippen LogP contribution in [0, 0.1) is 5.92 Å². The molecule has 0 aromatic heterocycles. The molecule has 0 aromatic carbocycles. The molecule has 2 nitrogen and oxygen atoms in total. The van der Waals surface area contributed by atoms with Crippen molar-refractivity contribution in [1.82, 2.24) is 5.32 Å². The topological polar surface area (TPSA) is 21.3 Å². The molecule has 0 aromatic rings. The summed E-state index contributed by atoms with van der Waals surface area (Å²) < 4.78 is 43.5. The first kappa shape index (κ1) is 16.8. The van der Waals surface area contributed by atoms with E-state index >= 15 is 0 Å². The lowest BCUT2D eigenvalue weighted by atomic mass is 9.84. The molecule has 1 aliphatic carbocycles. The Balaban J connectivity index is 2.44. The number of methoxy groups -OCH3 is 1. The second kappa shape index (κ2) is 6.44. The molecule has 0 saturated heterocycles. The molecule has 0 aliphatic heterocycles. The highest BCUT2D eigenvalue weighted by molar-refractivity contribution is 4.85. The van der Waals surface area contributed by atoms with Crippen LogP contribution < -0.4 is 5.32 Å². The lowest BCUT2D eigenvalue weighted by Crippen LogP contribution is -2.45. The van der Waals surface area contributed by atoms with Gasteiger partial charge in [0.1, 0.15) is 0 Å². The zero-order valence-corrected chi connectivity index (χ0v) is 12.3. The second-order valence-electron chi connectivity index (χ2n) is 6.34. The first-order valence-corrected chi connectivity index (χ1v) is 7.02. The second-order valence-corrected chi connectivity index (χ2v) is 6.34. The first-order valence-electron chi connectivity index (χ1n) is 7.02. The van der Waals surface area contributed by atoms with Crippen LogP contribution in [0.15, 0.2) is 0 Å².